The van der Waals surface area contributed by atoms with Crippen LogP contribution in [0.4, 0.5) is 0 Å². The summed E-state index contributed by atoms with van der Waals surface area (Å²) in [7, 11) is 0. The van der Waals surface area contributed by atoms with Gasteiger partial charge in [-0.25, -0.2) is 15.0 Å². The van der Waals surface area contributed by atoms with Crippen molar-refractivity contribution < 1.29 is 9.53 Å². The third-order valence-corrected chi connectivity index (χ3v) is 7.03. The monoisotopic (exact) mass is 440 g/mol. The topological polar surface area (TPSA) is 68.2 Å². The van der Waals surface area contributed by atoms with E-state index < -0.39 is 0 Å². The first kappa shape index (κ1) is 19.5. The van der Waals surface area contributed by atoms with Crippen molar-refractivity contribution >= 4 is 28.8 Å². The molecule has 5 heterocycles. The van der Waals surface area contributed by atoms with E-state index >= 15 is 0 Å². The molecule has 2 bridgehead atoms. The molecule has 0 aromatic carbocycles. The highest BCUT2D eigenvalue weighted by Crippen LogP contribution is 2.49. The van der Waals surface area contributed by atoms with Gasteiger partial charge in [-0.3, -0.25) is 4.79 Å². The third-order valence-electron chi connectivity index (χ3n) is 6.00. The van der Waals surface area contributed by atoms with E-state index in [2.05, 4.69) is 15.0 Å². The van der Waals surface area contributed by atoms with Gasteiger partial charge in [0.25, 0.3) is 5.91 Å². The van der Waals surface area contributed by atoms with E-state index in [1.807, 2.05) is 29.3 Å². The van der Waals surface area contributed by atoms with E-state index in [0.29, 0.717) is 35.7 Å². The number of halogens is 1. The minimum absolute atomic E-state index is 0.0466. The minimum atomic E-state index is -0.313. The molecule has 6 rings (SSSR count). The van der Waals surface area contributed by atoms with Crippen LogP contribution in [0.25, 0.3) is 10.6 Å². The molecule has 0 spiro atoms. The third kappa shape index (κ3) is 3.46. The fourth-order valence-electron chi connectivity index (χ4n) is 4.53. The zero-order valence-corrected chi connectivity index (χ0v) is 18.1. The number of aryl methyl sites for hydroxylation is 1. The molecule has 3 aromatic rings. The summed E-state index contributed by atoms with van der Waals surface area (Å²) in [6.07, 6.45) is 6.24. The number of pyridine rings is 2. The van der Waals surface area contributed by atoms with E-state index in [4.69, 9.17) is 16.3 Å². The van der Waals surface area contributed by atoms with Gasteiger partial charge >= 0.3 is 0 Å². The van der Waals surface area contributed by atoms with Gasteiger partial charge in [0.05, 0.1) is 10.6 Å². The Hall–Kier alpha value is -2.51. The first-order valence-corrected chi connectivity index (χ1v) is 11.2. The lowest BCUT2D eigenvalue weighted by atomic mass is 9.63. The van der Waals surface area contributed by atoms with Crippen LogP contribution in [0, 0.1) is 12.8 Å². The molecule has 3 aliphatic rings. The van der Waals surface area contributed by atoms with Crippen molar-refractivity contribution in [2.75, 3.05) is 13.2 Å². The Morgan fingerprint density at radius 1 is 1.30 bits per heavy atom. The number of hydrogen-bond acceptors (Lipinski definition) is 6. The maximum Gasteiger partial charge on any atom is 0.273 e. The largest absolute Gasteiger partial charge is 0.475 e. The summed E-state index contributed by atoms with van der Waals surface area (Å²) >= 11 is 7.43. The zero-order valence-electron chi connectivity index (χ0n) is 16.5. The molecule has 1 amide bonds. The molecular formula is C22H21ClN4O2S. The normalized spacial score (nSPS) is 22.5. The molecule has 2 saturated heterocycles. The van der Waals surface area contributed by atoms with Gasteiger partial charge in [-0.2, -0.15) is 0 Å². The Morgan fingerprint density at radius 2 is 2.17 bits per heavy atom. The molecule has 0 unspecified atom stereocenters. The highest BCUT2D eigenvalue weighted by atomic mass is 35.5. The van der Waals surface area contributed by atoms with Crippen LogP contribution in [-0.2, 0) is 0 Å². The number of nitrogens with zero attached hydrogens (tertiary/aromatic N) is 4. The number of piperidine rings is 2. The van der Waals surface area contributed by atoms with Crippen molar-refractivity contribution in [1.82, 2.24) is 19.9 Å². The van der Waals surface area contributed by atoms with E-state index in [9.17, 15) is 4.79 Å². The number of hydrogen-bond donors (Lipinski definition) is 0. The Labute approximate surface area is 183 Å². The minimum Gasteiger partial charge on any atom is -0.475 e. The standard InChI is InChI=1S/C22H21ClN4O2S/c1-14-2-4-17(20-24-7-9-30-20)19(26-14)21(28)27-8-6-15-10-22(27,11-15)13-29-18-5-3-16(23)12-25-18/h2-5,7,9,12,15H,6,8,10-11,13H2,1H3. The molecule has 1 aliphatic carbocycles. The van der Waals surface area contributed by atoms with E-state index in [0.717, 1.165) is 35.5 Å². The molecule has 2 aliphatic heterocycles. The average Bonchev–Trinajstić information content (AvgIpc) is 3.27. The number of carbonyl (C=O) groups excluding carboxylic acids is 1. The second-order valence-corrected chi connectivity index (χ2v) is 9.36. The second-order valence-electron chi connectivity index (χ2n) is 8.03. The number of thiazole rings is 1. The van der Waals surface area contributed by atoms with E-state index in [1.54, 1.807) is 24.5 Å². The van der Waals surface area contributed by atoms with Crippen molar-refractivity contribution in [2.24, 2.45) is 5.92 Å². The lowest BCUT2D eigenvalue weighted by Crippen LogP contribution is -2.67. The Morgan fingerprint density at radius 3 is 2.90 bits per heavy atom. The lowest BCUT2D eigenvalue weighted by molar-refractivity contribution is -0.0804. The van der Waals surface area contributed by atoms with Crippen LogP contribution in [0.1, 0.15) is 35.4 Å². The summed E-state index contributed by atoms with van der Waals surface area (Å²) in [5, 5.41) is 3.29. The van der Waals surface area contributed by atoms with Crippen molar-refractivity contribution in [3.8, 4) is 16.5 Å². The summed E-state index contributed by atoms with van der Waals surface area (Å²) in [5.74, 6) is 1.13. The van der Waals surface area contributed by atoms with Crippen LogP contribution in [0.5, 0.6) is 5.88 Å². The summed E-state index contributed by atoms with van der Waals surface area (Å²) in [5.41, 5.74) is 1.77. The molecule has 0 N–H and O–H groups in total. The number of fused-ring (bicyclic) bond motifs is 2. The second kappa shape index (κ2) is 7.63. The summed E-state index contributed by atoms with van der Waals surface area (Å²) in [6.45, 7) is 3.04. The number of ether oxygens (including phenoxy) is 1. The number of aromatic nitrogens is 3. The highest BCUT2D eigenvalue weighted by molar-refractivity contribution is 7.13. The van der Waals surface area contributed by atoms with Crippen molar-refractivity contribution in [2.45, 2.75) is 31.7 Å². The molecule has 30 heavy (non-hydrogen) atoms. The number of rotatable bonds is 5. The van der Waals surface area contributed by atoms with Gasteiger partial charge in [0.1, 0.15) is 17.3 Å². The lowest BCUT2D eigenvalue weighted by Gasteiger charge is -2.58. The van der Waals surface area contributed by atoms with Crippen LogP contribution in [-0.4, -0.2) is 44.4 Å². The Balaban J connectivity index is 1.43. The van der Waals surface area contributed by atoms with Crippen LogP contribution in [0.2, 0.25) is 5.02 Å². The predicted octanol–water partition coefficient (Wildman–Crippen LogP) is 4.64. The van der Waals surface area contributed by atoms with Gasteiger partial charge in [0.2, 0.25) is 5.88 Å². The summed E-state index contributed by atoms with van der Waals surface area (Å²) in [4.78, 5) is 28.9. The Bertz CT molecular complexity index is 1070. The fourth-order valence-corrected chi connectivity index (χ4v) is 5.31. The molecule has 1 saturated carbocycles. The molecule has 0 radical (unpaired) electrons. The summed E-state index contributed by atoms with van der Waals surface area (Å²) in [6, 6.07) is 7.38. The molecular weight excluding hydrogens is 420 g/mol. The zero-order chi connectivity index (χ0) is 20.7. The molecule has 6 nitrogen and oxygen atoms in total. The molecule has 0 atom stereocenters. The molecule has 8 heteroatoms. The molecule has 3 aromatic heterocycles. The van der Waals surface area contributed by atoms with Gasteiger partial charge in [-0.15, -0.1) is 11.3 Å². The number of amides is 1. The van der Waals surface area contributed by atoms with Crippen molar-refractivity contribution in [1.29, 1.82) is 0 Å². The van der Waals surface area contributed by atoms with Crippen LogP contribution in [0.15, 0.2) is 42.0 Å². The van der Waals surface area contributed by atoms with Gasteiger partial charge in [-0.05, 0) is 50.3 Å². The van der Waals surface area contributed by atoms with Crippen molar-refractivity contribution in [3.05, 3.63) is 58.4 Å². The van der Waals surface area contributed by atoms with Gasteiger partial charge in [-0.1, -0.05) is 11.6 Å². The Kier molecular flexibility index (Phi) is 4.95. The van der Waals surface area contributed by atoms with Crippen LogP contribution >= 0.6 is 22.9 Å². The predicted molar refractivity (Wildman–Crippen MR) is 116 cm³/mol. The van der Waals surface area contributed by atoms with Gasteiger partial charge in [0.15, 0.2) is 0 Å². The van der Waals surface area contributed by atoms with Crippen LogP contribution < -0.4 is 4.74 Å². The molecule has 3 fully saturated rings. The van der Waals surface area contributed by atoms with Gasteiger partial charge < -0.3 is 9.64 Å². The van der Waals surface area contributed by atoms with Crippen LogP contribution in [0.3, 0.4) is 0 Å². The quantitative estimate of drug-likeness (QED) is 0.578. The highest BCUT2D eigenvalue weighted by Gasteiger charge is 2.55. The fraction of sp³-hybridized carbons (Fsp3) is 0.364. The maximum atomic E-state index is 13.7. The summed E-state index contributed by atoms with van der Waals surface area (Å²) < 4.78 is 5.99. The number of carbonyl (C=O) groups is 1. The SMILES string of the molecule is Cc1ccc(-c2nccs2)c(C(=O)N2CCC3CC2(COc2ccc(Cl)cn2)C3)n1. The van der Waals surface area contributed by atoms with E-state index in [-0.39, 0.29) is 11.4 Å². The smallest absolute Gasteiger partial charge is 0.273 e. The molecule has 154 valence electrons. The van der Waals surface area contributed by atoms with Crippen molar-refractivity contribution in [3.63, 3.8) is 0 Å². The van der Waals surface area contributed by atoms with E-state index in [1.165, 1.54) is 11.3 Å². The first-order chi connectivity index (χ1) is 14.5. The van der Waals surface area contributed by atoms with Gasteiger partial charge in [0, 0.05) is 41.6 Å². The maximum absolute atomic E-state index is 13.7. The first-order valence-electron chi connectivity index (χ1n) is 9.98. The average molecular weight is 441 g/mol.